The number of aryl methyl sites for hydroxylation is 1. The zero-order valence-electron chi connectivity index (χ0n) is 11.2. The molecular formula is C10H18N4O4S. The molecule has 1 aromatic heterocycles. The summed E-state index contributed by atoms with van der Waals surface area (Å²) in [5.74, 6) is 0.710. The van der Waals surface area contributed by atoms with E-state index in [1.54, 1.807) is 6.92 Å². The number of carbonyl (C=O) groups is 1. The minimum absolute atomic E-state index is 0.0828. The van der Waals surface area contributed by atoms with Crippen molar-refractivity contribution in [1.29, 1.82) is 0 Å². The molecule has 0 unspecified atom stereocenters. The number of nitrogens with zero attached hydrogens (tertiary/aromatic N) is 3. The van der Waals surface area contributed by atoms with Gasteiger partial charge in [0.15, 0.2) is 5.82 Å². The van der Waals surface area contributed by atoms with Crippen LogP contribution in [0.2, 0.25) is 0 Å². The number of sulfonamides is 1. The van der Waals surface area contributed by atoms with Crippen LogP contribution < -0.4 is 4.72 Å². The van der Waals surface area contributed by atoms with Gasteiger partial charge in [0.1, 0.15) is 0 Å². The molecule has 0 aliphatic rings. The van der Waals surface area contributed by atoms with Crippen molar-refractivity contribution in [3.05, 3.63) is 11.7 Å². The number of rotatable bonds is 7. The van der Waals surface area contributed by atoms with E-state index in [0.29, 0.717) is 18.3 Å². The normalized spacial score (nSPS) is 11.5. The van der Waals surface area contributed by atoms with Crippen LogP contribution >= 0.6 is 0 Å². The summed E-state index contributed by atoms with van der Waals surface area (Å²) in [6.45, 7) is 4.33. The monoisotopic (exact) mass is 290 g/mol. The Morgan fingerprint density at radius 3 is 2.63 bits per heavy atom. The van der Waals surface area contributed by atoms with Gasteiger partial charge >= 0.3 is 0 Å². The van der Waals surface area contributed by atoms with E-state index in [0.717, 1.165) is 6.26 Å². The first-order valence-corrected chi connectivity index (χ1v) is 7.72. The maximum Gasteiger partial charge on any atom is 0.224 e. The third kappa shape index (κ3) is 5.79. The second kappa shape index (κ2) is 6.62. The molecular weight excluding hydrogens is 272 g/mol. The number of hydrogen-bond acceptors (Lipinski definition) is 6. The number of aromatic nitrogens is 2. The van der Waals surface area contributed by atoms with E-state index in [1.165, 1.54) is 4.90 Å². The summed E-state index contributed by atoms with van der Waals surface area (Å²) in [7, 11) is -3.27. The van der Waals surface area contributed by atoms with Gasteiger partial charge in [-0.1, -0.05) is 5.16 Å². The lowest BCUT2D eigenvalue weighted by atomic mass is 10.3. The van der Waals surface area contributed by atoms with Gasteiger partial charge in [-0.05, 0) is 6.92 Å². The van der Waals surface area contributed by atoms with Crippen molar-refractivity contribution >= 4 is 15.9 Å². The van der Waals surface area contributed by atoms with Crippen LogP contribution in [0, 0.1) is 6.92 Å². The molecule has 0 atom stereocenters. The highest BCUT2D eigenvalue weighted by molar-refractivity contribution is 7.88. The van der Waals surface area contributed by atoms with Gasteiger partial charge in [0.05, 0.1) is 12.8 Å². The van der Waals surface area contributed by atoms with Gasteiger partial charge in [-0.15, -0.1) is 0 Å². The number of carbonyl (C=O) groups excluding carboxylic acids is 1. The van der Waals surface area contributed by atoms with Crippen molar-refractivity contribution in [2.75, 3.05) is 19.3 Å². The van der Waals surface area contributed by atoms with Gasteiger partial charge in [0.2, 0.25) is 21.8 Å². The maximum absolute atomic E-state index is 11.9. The lowest BCUT2D eigenvalue weighted by Gasteiger charge is -2.18. The van der Waals surface area contributed by atoms with Crippen molar-refractivity contribution < 1.29 is 17.7 Å². The Kier molecular flexibility index (Phi) is 5.43. The van der Waals surface area contributed by atoms with E-state index in [1.807, 2.05) is 6.92 Å². The third-order valence-corrected chi connectivity index (χ3v) is 3.07. The zero-order valence-corrected chi connectivity index (χ0v) is 12.0. The van der Waals surface area contributed by atoms with Crippen molar-refractivity contribution in [2.24, 2.45) is 0 Å². The Morgan fingerprint density at radius 2 is 2.16 bits per heavy atom. The van der Waals surface area contributed by atoms with Gasteiger partial charge in [0, 0.05) is 26.4 Å². The lowest BCUT2D eigenvalue weighted by Crippen LogP contribution is -2.34. The molecule has 0 saturated heterocycles. The molecule has 0 fully saturated rings. The molecule has 0 aliphatic heterocycles. The summed E-state index contributed by atoms with van der Waals surface area (Å²) in [6, 6.07) is 0. The van der Waals surface area contributed by atoms with Crippen LogP contribution in [0.4, 0.5) is 0 Å². The SMILES string of the molecule is CCN(Cc1noc(C)n1)C(=O)CCNS(C)(=O)=O. The topological polar surface area (TPSA) is 105 Å². The first kappa shape index (κ1) is 15.6. The lowest BCUT2D eigenvalue weighted by molar-refractivity contribution is -0.131. The fraction of sp³-hybridized carbons (Fsp3) is 0.700. The molecule has 1 rings (SSSR count). The average Bonchev–Trinajstić information content (AvgIpc) is 2.69. The maximum atomic E-state index is 11.9. The second-order valence-corrected chi connectivity index (χ2v) is 5.89. The van der Waals surface area contributed by atoms with E-state index >= 15 is 0 Å². The molecule has 1 heterocycles. The van der Waals surface area contributed by atoms with Crippen LogP contribution in [0.3, 0.4) is 0 Å². The smallest absolute Gasteiger partial charge is 0.224 e. The van der Waals surface area contributed by atoms with Crippen molar-refractivity contribution in [3.8, 4) is 0 Å². The summed E-state index contributed by atoms with van der Waals surface area (Å²) in [6.07, 6.45) is 1.15. The molecule has 1 N–H and O–H groups in total. The van der Waals surface area contributed by atoms with Gasteiger partial charge in [0.25, 0.3) is 0 Å². The summed E-state index contributed by atoms with van der Waals surface area (Å²) in [5, 5.41) is 3.71. The average molecular weight is 290 g/mol. The van der Waals surface area contributed by atoms with Gasteiger partial charge in [-0.25, -0.2) is 13.1 Å². The molecule has 8 nitrogen and oxygen atoms in total. The molecule has 19 heavy (non-hydrogen) atoms. The van der Waals surface area contributed by atoms with Gasteiger partial charge in [-0.2, -0.15) is 4.98 Å². The highest BCUT2D eigenvalue weighted by atomic mass is 32.2. The van der Waals surface area contributed by atoms with Crippen LogP contribution in [0.25, 0.3) is 0 Å². The second-order valence-electron chi connectivity index (χ2n) is 4.05. The molecule has 0 aliphatic carbocycles. The van der Waals surface area contributed by atoms with E-state index in [2.05, 4.69) is 14.9 Å². The quantitative estimate of drug-likeness (QED) is 0.737. The Bertz CT molecular complexity index is 525. The largest absolute Gasteiger partial charge is 0.340 e. The number of nitrogens with one attached hydrogen (secondary N) is 1. The molecule has 0 spiro atoms. The highest BCUT2D eigenvalue weighted by Crippen LogP contribution is 2.03. The van der Waals surface area contributed by atoms with Crippen molar-refractivity contribution in [3.63, 3.8) is 0 Å². The predicted molar refractivity (Wildman–Crippen MR) is 67.6 cm³/mol. The van der Waals surface area contributed by atoms with E-state index < -0.39 is 10.0 Å². The Balaban J connectivity index is 2.48. The Morgan fingerprint density at radius 1 is 1.47 bits per heavy atom. The molecule has 1 aromatic rings. The minimum Gasteiger partial charge on any atom is -0.340 e. The predicted octanol–water partition coefficient (Wildman–Crippen LogP) is -0.334. The fourth-order valence-electron chi connectivity index (χ4n) is 1.45. The van der Waals surface area contributed by atoms with Crippen LogP contribution in [0.5, 0.6) is 0 Å². The number of amides is 1. The van der Waals surface area contributed by atoms with E-state index in [9.17, 15) is 13.2 Å². The van der Waals surface area contributed by atoms with Crippen LogP contribution in [0.15, 0.2) is 4.52 Å². The van der Waals surface area contributed by atoms with E-state index in [4.69, 9.17) is 4.52 Å². The molecule has 0 radical (unpaired) electrons. The first-order valence-electron chi connectivity index (χ1n) is 5.83. The standard InChI is InChI=1S/C10H18N4O4S/c1-4-14(7-9-12-8(2)18-13-9)10(15)5-6-11-19(3,16)17/h11H,4-7H2,1-3H3. The fourth-order valence-corrected chi connectivity index (χ4v) is 1.93. The summed E-state index contributed by atoms with van der Waals surface area (Å²) in [5.41, 5.74) is 0. The van der Waals surface area contributed by atoms with Gasteiger partial charge in [-0.3, -0.25) is 4.79 Å². The number of hydrogen-bond donors (Lipinski definition) is 1. The Hall–Kier alpha value is -1.48. The van der Waals surface area contributed by atoms with Crippen LogP contribution in [0.1, 0.15) is 25.1 Å². The summed E-state index contributed by atoms with van der Waals surface area (Å²) >= 11 is 0. The third-order valence-electron chi connectivity index (χ3n) is 2.34. The van der Waals surface area contributed by atoms with Crippen LogP contribution in [-0.4, -0.2) is 48.7 Å². The van der Waals surface area contributed by atoms with Gasteiger partial charge < -0.3 is 9.42 Å². The molecule has 9 heteroatoms. The first-order chi connectivity index (χ1) is 8.81. The molecule has 0 saturated carbocycles. The van der Waals surface area contributed by atoms with E-state index in [-0.39, 0.29) is 25.4 Å². The minimum atomic E-state index is -3.27. The molecule has 0 bridgehead atoms. The molecule has 1 amide bonds. The van der Waals surface area contributed by atoms with Crippen LogP contribution in [-0.2, 0) is 21.4 Å². The molecule has 108 valence electrons. The zero-order chi connectivity index (χ0) is 14.5. The summed E-state index contributed by atoms with van der Waals surface area (Å²) < 4.78 is 28.9. The summed E-state index contributed by atoms with van der Waals surface area (Å²) in [4.78, 5) is 17.4. The van der Waals surface area contributed by atoms with Crippen molar-refractivity contribution in [1.82, 2.24) is 19.8 Å². The molecule has 0 aromatic carbocycles. The Labute approximate surface area is 112 Å². The van der Waals surface area contributed by atoms with Crippen molar-refractivity contribution in [2.45, 2.75) is 26.8 Å². The highest BCUT2D eigenvalue weighted by Gasteiger charge is 2.15.